The molecule has 23 heteroatoms. The number of para-hydroxylation sites is 1. The first-order chi connectivity index (χ1) is 42.4. The van der Waals surface area contributed by atoms with Crippen LogP contribution < -0.4 is 47.9 Å². The number of fused-ring (bicyclic) bond motifs is 18. The number of likely N-dealkylation sites (N-methyl/N-ethyl adjacent to an activating group) is 2. The Morgan fingerprint density at radius 3 is 1.62 bits per heavy atom. The number of aliphatic hydroxyl groups is 1. The molecule has 3 N–H and O–H groups in total. The van der Waals surface area contributed by atoms with E-state index in [2.05, 4.69) is 43.1 Å². The molecule has 23 nitrogen and oxygen atoms in total. The fraction of sp³-hybridized carbons (Fsp3) is 0.462. The highest BCUT2D eigenvalue weighted by molar-refractivity contribution is 5.84. The Bertz CT molecular complexity index is 3750. The number of aromatic hydroxyl groups is 1. The Labute approximate surface area is 509 Å². The summed E-state index contributed by atoms with van der Waals surface area (Å²) in [5.74, 6) is 3.50. The fourth-order valence-corrected chi connectivity index (χ4v) is 15.6. The number of nitrogens with zero attached hydrogens (tertiary/aromatic N) is 6. The lowest BCUT2D eigenvalue weighted by molar-refractivity contribution is -0.133. The normalized spacial score (nSPS) is 24.8. The number of amides is 1. The number of phenolic OH excluding ortho intramolecular Hbond substituents is 1. The number of hydrogen-bond acceptors (Lipinski definition) is 22. The first-order valence-electron chi connectivity index (χ1n) is 29.3. The van der Waals surface area contributed by atoms with Gasteiger partial charge in [0.15, 0.2) is 52.8 Å². The topological polar surface area (TPSA) is 266 Å². The molecule has 0 aliphatic carbocycles. The van der Waals surface area contributed by atoms with E-state index in [1.165, 1.54) is 21.0 Å². The third-order valence-corrected chi connectivity index (χ3v) is 18.9. The van der Waals surface area contributed by atoms with Crippen LogP contribution in [0.25, 0.3) is 0 Å². The maximum Gasteiger partial charge on any atom is 0.411 e. The van der Waals surface area contributed by atoms with Crippen LogP contribution in [0.4, 0.5) is 10.5 Å². The third kappa shape index (κ3) is 9.49. The van der Waals surface area contributed by atoms with Gasteiger partial charge in [0.05, 0.1) is 57.1 Å². The predicted molar refractivity (Wildman–Crippen MR) is 314 cm³/mol. The lowest BCUT2D eigenvalue weighted by atomic mass is 9.71. The third-order valence-electron chi connectivity index (χ3n) is 18.9. The van der Waals surface area contributed by atoms with Crippen molar-refractivity contribution in [3.05, 3.63) is 109 Å². The van der Waals surface area contributed by atoms with Crippen molar-refractivity contribution in [1.82, 2.24) is 19.6 Å². The summed E-state index contributed by atoms with van der Waals surface area (Å²) in [6, 6.07) is 14.1. The fourth-order valence-electron chi connectivity index (χ4n) is 15.6. The Balaban J connectivity index is 0.000000173. The van der Waals surface area contributed by atoms with Gasteiger partial charge in [-0.25, -0.2) is 4.79 Å². The van der Waals surface area contributed by atoms with Crippen LogP contribution in [0.1, 0.15) is 105 Å². The van der Waals surface area contributed by atoms with E-state index < -0.39 is 48.2 Å². The summed E-state index contributed by atoms with van der Waals surface area (Å²) in [5.41, 5.74) is 10.2. The van der Waals surface area contributed by atoms with Crippen molar-refractivity contribution in [3.8, 4) is 69.6 Å². The first kappa shape index (κ1) is 59.8. The van der Waals surface area contributed by atoms with Crippen LogP contribution in [-0.4, -0.2) is 153 Å². The predicted octanol–water partition coefficient (Wildman–Crippen LogP) is 7.40. The maximum atomic E-state index is 13.1. The lowest BCUT2D eigenvalue weighted by Gasteiger charge is -2.59. The average molecular weight is 1210 g/mol. The van der Waals surface area contributed by atoms with Gasteiger partial charge in [-0.2, -0.15) is 10.5 Å². The van der Waals surface area contributed by atoms with E-state index in [4.69, 9.17) is 52.1 Å². The molecule has 0 spiro atoms. The molecule has 10 atom stereocenters. The number of benzene rings is 5. The van der Waals surface area contributed by atoms with Gasteiger partial charge in [0.2, 0.25) is 13.6 Å². The minimum atomic E-state index is -0.685. The van der Waals surface area contributed by atoms with Gasteiger partial charge in [-0.3, -0.25) is 34.5 Å². The average Bonchev–Trinajstić information content (AvgIpc) is 0.936. The van der Waals surface area contributed by atoms with Crippen LogP contribution in [0.3, 0.4) is 0 Å². The largest absolute Gasteiger partial charge is 0.504 e. The van der Waals surface area contributed by atoms with Gasteiger partial charge in [0, 0.05) is 95.3 Å². The zero-order valence-electron chi connectivity index (χ0n) is 51.0. The molecular formula is C65H71N7O16. The van der Waals surface area contributed by atoms with E-state index in [-0.39, 0.29) is 69.6 Å². The Morgan fingerprint density at radius 2 is 1.12 bits per heavy atom. The number of methoxy groups -OCH3 is 3. The molecule has 2 saturated heterocycles. The lowest BCUT2D eigenvalue weighted by Crippen LogP contribution is -2.68. The molecule has 0 radical (unpaired) electrons. The van der Waals surface area contributed by atoms with Gasteiger partial charge in [-0.05, 0) is 102 Å². The van der Waals surface area contributed by atoms with Crippen molar-refractivity contribution in [3.63, 3.8) is 0 Å². The van der Waals surface area contributed by atoms with Crippen molar-refractivity contribution >= 4 is 23.7 Å². The van der Waals surface area contributed by atoms with E-state index >= 15 is 0 Å². The first-order valence-corrected chi connectivity index (χ1v) is 29.3. The van der Waals surface area contributed by atoms with Crippen molar-refractivity contribution in [2.24, 2.45) is 0 Å². The number of carbonyl (C=O) groups is 3. The summed E-state index contributed by atoms with van der Waals surface area (Å²) >= 11 is 0. The quantitative estimate of drug-likeness (QED) is 0.0660. The summed E-state index contributed by atoms with van der Waals surface area (Å²) in [7, 11) is 8.73. The Kier molecular flexibility index (Phi) is 16.0. The SMILES string of the molecule is COCOc1c(OC)c(C)cc2c1[C@@H]1C3Cc4c(OC(C)=O)c(C)c5c(c4[C@H](CO)N3C(C#N)[C@H](C2)N1C)OCO5.COc1c(C)cc2c(c1O)[C@@H]1C3Cc4c(OC(C)=O)c(C)c5c(c4[C@H](COC(=O)Nc4ccccc4)N3C(C#N)[C@H](C2)N1C)OCO5. The molecule has 88 heavy (non-hydrogen) atoms. The van der Waals surface area contributed by atoms with E-state index in [1.54, 1.807) is 38.5 Å². The van der Waals surface area contributed by atoms with Crippen LogP contribution in [-0.2, 0) is 44.7 Å². The van der Waals surface area contributed by atoms with E-state index in [1.807, 2.05) is 53.9 Å². The van der Waals surface area contributed by atoms with E-state index in [9.17, 15) is 35.1 Å². The number of piperazine rings is 2. The number of esters is 2. The van der Waals surface area contributed by atoms with Crippen LogP contribution >= 0.6 is 0 Å². The zero-order valence-corrected chi connectivity index (χ0v) is 51.0. The second-order valence-electron chi connectivity index (χ2n) is 23.5. The van der Waals surface area contributed by atoms with Crippen LogP contribution in [0.2, 0.25) is 0 Å². The number of rotatable bonds is 11. The summed E-state index contributed by atoms with van der Waals surface area (Å²) in [6.45, 7) is 9.87. The van der Waals surface area contributed by atoms with Gasteiger partial charge in [-0.15, -0.1) is 0 Å². The Morgan fingerprint density at radius 1 is 0.636 bits per heavy atom. The molecule has 4 bridgehead atoms. The molecule has 0 saturated carbocycles. The molecule has 2 fully saturated rings. The van der Waals surface area contributed by atoms with Crippen LogP contribution in [0.15, 0.2) is 42.5 Å². The summed E-state index contributed by atoms with van der Waals surface area (Å²) < 4.78 is 64.2. The zero-order chi connectivity index (χ0) is 62.3. The van der Waals surface area contributed by atoms with Crippen molar-refractivity contribution in [2.45, 2.75) is 128 Å². The van der Waals surface area contributed by atoms with Gasteiger partial charge >= 0.3 is 18.0 Å². The molecule has 5 aromatic carbocycles. The summed E-state index contributed by atoms with van der Waals surface area (Å²) in [5, 5.41) is 46.8. The van der Waals surface area contributed by atoms with Gasteiger partial charge in [-0.1, -0.05) is 30.3 Å². The molecule has 8 aliphatic rings. The molecule has 4 unspecified atom stereocenters. The van der Waals surface area contributed by atoms with E-state index in [0.29, 0.717) is 111 Å². The summed E-state index contributed by atoms with van der Waals surface area (Å²) in [6.07, 6.45) is 1.25. The molecule has 8 aliphatic heterocycles. The number of aryl methyl sites for hydroxylation is 2. The summed E-state index contributed by atoms with van der Waals surface area (Å²) in [4.78, 5) is 46.5. The second-order valence-corrected chi connectivity index (χ2v) is 23.5. The Hall–Kier alpha value is -8.55. The number of aliphatic hydroxyl groups excluding tert-OH is 1. The molecule has 5 aromatic rings. The highest BCUT2D eigenvalue weighted by atomic mass is 16.7. The highest BCUT2D eigenvalue weighted by Crippen LogP contribution is 2.61. The molecule has 13 rings (SSSR count). The second kappa shape index (κ2) is 23.5. The highest BCUT2D eigenvalue weighted by Gasteiger charge is 2.59. The number of ether oxygens (including phenoxy) is 11. The van der Waals surface area contributed by atoms with Gasteiger partial charge in [0.25, 0.3) is 0 Å². The van der Waals surface area contributed by atoms with E-state index in [0.717, 1.165) is 38.9 Å². The number of nitriles is 2. The monoisotopic (exact) mass is 1210 g/mol. The number of nitrogens with one attached hydrogen (secondary N) is 1. The van der Waals surface area contributed by atoms with Gasteiger partial charge < -0.3 is 62.3 Å². The number of phenols is 1. The number of hydrogen-bond donors (Lipinski definition) is 3. The minimum absolute atomic E-state index is 0.0239. The smallest absolute Gasteiger partial charge is 0.411 e. The molecular weight excluding hydrogens is 1130 g/mol. The molecule has 1 amide bonds. The molecule has 462 valence electrons. The minimum Gasteiger partial charge on any atom is -0.504 e. The van der Waals surface area contributed by atoms with Crippen LogP contribution in [0, 0.1) is 50.4 Å². The van der Waals surface area contributed by atoms with Crippen LogP contribution in [0.5, 0.6) is 57.5 Å². The van der Waals surface area contributed by atoms with Crippen molar-refractivity contribution in [2.75, 3.05) is 74.3 Å². The molecule has 8 heterocycles. The number of carbonyl (C=O) groups excluding carboxylic acids is 3. The molecule has 0 aromatic heterocycles. The standard InChI is InChI=1S/C35H36N4O8.C30H35N3O8/c1-17-11-20-12-23-25(14-36)39-24(29(38(23)4)27(20)30(41)31(17)43-5)13-22-28(26(39)15-44-35(42)37-21-9-7-6-8-10-21)34-33(45-16-46-34)18(2)32(22)47-19(3)40;1-14-7-17-8-19-21(10-31)33-20(25(32(19)4)23(17)29(26(14)37-6)38-12-36-5)9-18-24(22(33)11-34)30-28(39-13-40-30)15(2)27(18)41-16(3)35/h6-11,23-26,29,41H,12-13,15-16H2,1-5H3,(H,37,42);7,19-22,25,34H,8-9,11-13H2,1-6H3/t23-,24?,25?,26-,29-;19-,20?,21?,22-,25-/m00/s1. The van der Waals surface area contributed by atoms with Crippen molar-refractivity contribution in [1.29, 1.82) is 10.5 Å². The number of anilines is 1. The maximum absolute atomic E-state index is 13.1. The van der Waals surface area contributed by atoms with Crippen molar-refractivity contribution < 1.29 is 76.7 Å². The van der Waals surface area contributed by atoms with Gasteiger partial charge in [0.1, 0.15) is 30.2 Å².